The molecular weight excluding hydrogens is 283 g/mol. The van der Waals surface area contributed by atoms with E-state index in [0.717, 1.165) is 38.3 Å². The van der Waals surface area contributed by atoms with Crippen molar-refractivity contribution in [3.63, 3.8) is 0 Å². The summed E-state index contributed by atoms with van der Waals surface area (Å²) >= 11 is 0. The molecule has 1 aliphatic heterocycles. The van der Waals surface area contributed by atoms with Gasteiger partial charge in [-0.3, -0.25) is 4.98 Å². The molecule has 2 aromatic heterocycles. The molecule has 0 amide bonds. The average Bonchev–Trinajstić information content (AvgIpc) is 3.02. The van der Waals surface area contributed by atoms with Gasteiger partial charge in [-0.05, 0) is 18.9 Å². The summed E-state index contributed by atoms with van der Waals surface area (Å²) in [6, 6.07) is 1.75. The summed E-state index contributed by atoms with van der Waals surface area (Å²) < 4.78 is 21.2. The van der Waals surface area contributed by atoms with Crippen LogP contribution >= 0.6 is 0 Å². The highest BCUT2D eigenvalue weighted by Crippen LogP contribution is 2.30. The van der Waals surface area contributed by atoms with Crippen molar-refractivity contribution in [3.05, 3.63) is 42.5 Å². The lowest BCUT2D eigenvalue weighted by Gasteiger charge is -2.34. The van der Waals surface area contributed by atoms with Gasteiger partial charge in [0.25, 0.3) is 0 Å². The molecule has 0 spiro atoms. The first-order valence-corrected chi connectivity index (χ1v) is 7.64. The van der Waals surface area contributed by atoms with Gasteiger partial charge in [0.05, 0.1) is 18.5 Å². The number of nitrogens with zero attached hydrogens (tertiary/aromatic N) is 4. The minimum atomic E-state index is -0.258. The third kappa shape index (κ3) is 3.11. The van der Waals surface area contributed by atoms with Crippen molar-refractivity contribution >= 4 is 5.69 Å². The molecule has 1 saturated heterocycles. The molecule has 0 aromatic carbocycles. The second kappa shape index (κ2) is 6.87. The number of imidazole rings is 1. The summed E-state index contributed by atoms with van der Waals surface area (Å²) in [6.07, 6.45) is 8.84. The van der Waals surface area contributed by atoms with Crippen LogP contribution in [-0.2, 0) is 11.3 Å². The van der Waals surface area contributed by atoms with E-state index in [9.17, 15) is 4.39 Å². The van der Waals surface area contributed by atoms with Gasteiger partial charge < -0.3 is 14.2 Å². The standard InChI is InChI=1S/C16H21FN4O/c1-22-10-9-20-8-6-19-16(20)13-3-2-7-21(12-13)15-4-5-18-11-14(15)17/h4-6,8,11,13H,2-3,7,9-10,12H2,1H3/t13-/m0/s1. The maximum atomic E-state index is 13.9. The summed E-state index contributed by atoms with van der Waals surface area (Å²) in [6.45, 7) is 3.12. The van der Waals surface area contributed by atoms with E-state index in [1.54, 1.807) is 19.4 Å². The van der Waals surface area contributed by atoms with E-state index in [1.165, 1.54) is 6.20 Å². The van der Waals surface area contributed by atoms with Crippen LogP contribution in [0.15, 0.2) is 30.9 Å². The van der Waals surface area contributed by atoms with Crippen molar-refractivity contribution in [1.82, 2.24) is 14.5 Å². The topological polar surface area (TPSA) is 43.2 Å². The fourth-order valence-corrected chi connectivity index (χ4v) is 3.09. The highest BCUT2D eigenvalue weighted by Gasteiger charge is 2.26. The second-order valence-electron chi connectivity index (χ2n) is 5.58. The molecule has 3 rings (SSSR count). The zero-order chi connectivity index (χ0) is 15.4. The molecule has 0 saturated carbocycles. The molecule has 6 heteroatoms. The molecule has 0 N–H and O–H groups in total. The average molecular weight is 304 g/mol. The van der Waals surface area contributed by atoms with Gasteiger partial charge in [0.1, 0.15) is 5.82 Å². The largest absolute Gasteiger partial charge is 0.383 e. The summed E-state index contributed by atoms with van der Waals surface area (Å²) in [7, 11) is 1.70. The predicted molar refractivity (Wildman–Crippen MR) is 82.5 cm³/mol. The number of ether oxygens (including phenoxy) is 1. The van der Waals surface area contributed by atoms with Gasteiger partial charge in [-0.2, -0.15) is 0 Å². The van der Waals surface area contributed by atoms with Crippen LogP contribution in [0.3, 0.4) is 0 Å². The zero-order valence-corrected chi connectivity index (χ0v) is 12.8. The Balaban J connectivity index is 1.76. The first-order chi connectivity index (χ1) is 10.8. The highest BCUT2D eigenvalue weighted by atomic mass is 19.1. The number of anilines is 1. The van der Waals surface area contributed by atoms with Crippen LogP contribution in [0.2, 0.25) is 0 Å². The maximum absolute atomic E-state index is 13.9. The minimum Gasteiger partial charge on any atom is -0.383 e. The fourth-order valence-electron chi connectivity index (χ4n) is 3.09. The normalized spacial score (nSPS) is 18.6. The van der Waals surface area contributed by atoms with Crippen molar-refractivity contribution in [2.24, 2.45) is 0 Å². The van der Waals surface area contributed by atoms with E-state index in [0.29, 0.717) is 18.2 Å². The predicted octanol–water partition coefficient (Wildman–Crippen LogP) is 2.45. The van der Waals surface area contributed by atoms with Gasteiger partial charge in [0.2, 0.25) is 0 Å². The molecule has 0 unspecified atom stereocenters. The third-order valence-corrected chi connectivity index (χ3v) is 4.16. The summed E-state index contributed by atoms with van der Waals surface area (Å²) in [5.41, 5.74) is 0.634. The number of rotatable bonds is 5. The van der Waals surface area contributed by atoms with Gasteiger partial charge in [-0.1, -0.05) is 0 Å². The Morgan fingerprint density at radius 3 is 3.14 bits per heavy atom. The van der Waals surface area contributed by atoms with Gasteiger partial charge in [-0.25, -0.2) is 9.37 Å². The number of aromatic nitrogens is 3. The maximum Gasteiger partial charge on any atom is 0.164 e. The van der Waals surface area contributed by atoms with Crippen LogP contribution in [0.25, 0.3) is 0 Å². The molecule has 1 fully saturated rings. The van der Waals surface area contributed by atoms with E-state index in [1.807, 2.05) is 12.4 Å². The number of methoxy groups -OCH3 is 1. The Morgan fingerprint density at radius 2 is 2.32 bits per heavy atom. The lowest BCUT2D eigenvalue weighted by Crippen LogP contribution is -2.36. The molecule has 1 aliphatic rings. The smallest absolute Gasteiger partial charge is 0.164 e. The molecule has 0 aliphatic carbocycles. The van der Waals surface area contributed by atoms with Crippen molar-refractivity contribution in [3.8, 4) is 0 Å². The lowest BCUT2D eigenvalue weighted by atomic mass is 9.96. The van der Waals surface area contributed by atoms with Gasteiger partial charge in [0.15, 0.2) is 5.82 Å². The minimum absolute atomic E-state index is 0.258. The van der Waals surface area contributed by atoms with E-state index in [-0.39, 0.29) is 5.82 Å². The third-order valence-electron chi connectivity index (χ3n) is 4.16. The quantitative estimate of drug-likeness (QED) is 0.851. The van der Waals surface area contributed by atoms with E-state index < -0.39 is 0 Å². The van der Waals surface area contributed by atoms with Gasteiger partial charge in [0, 0.05) is 51.3 Å². The van der Waals surface area contributed by atoms with Crippen molar-refractivity contribution in [2.75, 3.05) is 31.7 Å². The Labute approximate surface area is 129 Å². The second-order valence-corrected chi connectivity index (χ2v) is 5.58. The molecule has 22 heavy (non-hydrogen) atoms. The Hall–Kier alpha value is -1.95. The molecule has 1 atom stereocenters. The van der Waals surface area contributed by atoms with Crippen molar-refractivity contribution in [1.29, 1.82) is 0 Å². The molecule has 2 aromatic rings. The van der Waals surface area contributed by atoms with E-state index in [2.05, 4.69) is 19.4 Å². The van der Waals surface area contributed by atoms with Gasteiger partial charge in [-0.15, -0.1) is 0 Å². The molecule has 0 bridgehead atoms. The number of hydrogen-bond donors (Lipinski definition) is 0. The van der Waals surface area contributed by atoms with Crippen LogP contribution in [-0.4, -0.2) is 41.3 Å². The Kier molecular flexibility index (Phi) is 4.68. The van der Waals surface area contributed by atoms with Crippen molar-refractivity contribution < 1.29 is 9.13 Å². The first kappa shape index (κ1) is 15.0. The number of hydrogen-bond acceptors (Lipinski definition) is 4. The van der Waals surface area contributed by atoms with Gasteiger partial charge >= 0.3 is 0 Å². The van der Waals surface area contributed by atoms with Crippen LogP contribution in [0.4, 0.5) is 10.1 Å². The van der Waals surface area contributed by atoms with Crippen LogP contribution in [0.1, 0.15) is 24.6 Å². The Bertz CT molecular complexity index is 616. The number of piperidine rings is 1. The van der Waals surface area contributed by atoms with E-state index >= 15 is 0 Å². The summed E-state index contributed by atoms with van der Waals surface area (Å²) in [4.78, 5) is 10.4. The fraction of sp³-hybridized carbons (Fsp3) is 0.500. The number of pyridine rings is 1. The highest BCUT2D eigenvalue weighted by molar-refractivity contribution is 5.47. The summed E-state index contributed by atoms with van der Waals surface area (Å²) in [5, 5.41) is 0. The van der Waals surface area contributed by atoms with Crippen molar-refractivity contribution in [2.45, 2.75) is 25.3 Å². The Morgan fingerprint density at radius 1 is 1.41 bits per heavy atom. The van der Waals surface area contributed by atoms with Crippen LogP contribution < -0.4 is 4.90 Å². The lowest BCUT2D eigenvalue weighted by molar-refractivity contribution is 0.185. The zero-order valence-electron chi connectivity index (χ0n) is 12.8. The molecule has 3 heterocycles. The summed E-state index contributed by atoms with van der Waals surface area (Å²) in [5.74, 6) is 1.12. The number of halogens is 1. The van der Waals surface area contributed by atoms with E-state index in [4.69, 9.17) is 4.74 Å². The molecular formula is C16H21FN4O. The van der Waals surface area contributed by atoms with Crippen LogP contribution in [0, 0.1) is 5.82 Å². The monoisotopic (exact) mass is 304 g/mol. The molecule has 0 radical (unpaired) electrons. The molecule has 118 valence electrons. The van der Waals surface area contributed by atoms with Crippen LogP contribution in [0.5, 0.6) is 0 Å². The first-order valence-electron chi connectivity index (χ1n) is 7.64. The SMILES string of the molecule is COCCn1ccnc1[C@H]1CCCN(c2ccncc2F)C1. The molecule has 5 nitrogen and oxygen atoms in total.